The second-order valence-electron chi connectivity index (χ2n) is 5.05. The van der Waals surface area contributed by atoms with Gasteiger partial charge in [-0.3, -0.25) is 9.59 Å². The molecule has 5 heteroatoms. The maximum Gasteiger partial charge on any atom is 0.226 e. The maximum absolute atomic E-state index is 11.9. The van der Waals surface area contributed by atoms with Crippen molar-refractivity contribution < 1.29 is 9.59 Å². The van der Waals surface area contributed by atoms with Crippen LogP contribution in [0.2, 0.25) is 0 Å². The quantitative estimate of drug-likeness (QED) is 0.803. The summed E-state index contributed by atoms with van der Waals surface area (Å²) >= 11 is 0. The van der Waals surface area contributed by atoms with Gasteiger partial charge in [0.15, 0.2) is 5.78 Å². The first kappa shape index (κ1) is 16.2. The third-order valence-corrected chi connectivity index (χ3v) is 3.25. The van der Waals surface area contributed by atoms with Gasteiger partial charge in [0, 0.05) is 29.9 Å². The Kier molecular flexibility index (Phi) is 5.48. The molecule has 0 atom stereocenters. The fourth-order valence-corrected chi connectivity index (χ4v) is 2.03. The van der Waals surface area contributed by atoms with E-state index >= 15 is 0 Å². The van der Waals surface area contributed by atoms with Gasteiger partial charge in [-0.15, -0.1) is 0 Å². The smallest absolute Gasteiger partial charge is 0.226 e. The highest BCUT2D eigenvalue weighted by Crippen LogP contribution is 2.11. The minimum Gasteiger partial charge on any atom is -0.385 e. The lowest BCUT2D eigenvalue weighted by Gasteiger charge is -2.08. The van der Waals surface area contributed by atoms with Crippen LogP contribution in [0.25, 0.3) is 0 Å². The molecule has 2 N–H and O–H groups in total. The summed E-state index contributed by atoms with van der Waals surface area (Å²) in [6.45, 7) is 2.00. The zero-order valence-corrected chi connectivity index (χ0v) is 12.8. The number of carbonyl (C=O) groups excluding carboxylic acids is 2. The van der Waals surface area contributed by atoms with Crippen molar-refractivity contribution >= 4 is 23.1 Å². The first-order valence-electron chi connectivity index (χ1n) is 7.23. The van der Waals surface area contributed by atoms with Crippen LogP contribution in [0.15, 0.2) is 48.5 Å². The van der Waals surface area contributed by atoms with Crippen LogP contribution in [0.1, 0.15) is 29.3 Å². The van der Waals surface area contributed by atoms with E-state index in [0.717, 1.165) is 5.69 Å². The highest BCUT2D eigenvalue weighted by Gasteiger charge is 2.03. The van der Waals surface area contributed by atoms with Gasteiger partial charge in [0.05, 0.1) is 11.6 Å². The molecule has 0 heterocycles. The molecule has 2 rings (SSSR count). The lowest BCUT2D eigenvalue weighted by atomic mass is 10.1. The van der Waals surface area contributed by atoms with Crippen molar-refractivity contribution in [1.82, 2.24) is 0 Å². The van der Waals surface area contributed by atoms with E-state index in [1.807, 2.05) is 18.2 Å². The summed E-state index contributed by atoms with van der Waals surface area (Å²) < 4.78 is 0. The fourth-order valence-electron chi connectivity index (χ4n) is 2.03. The predicted octanol–water partition coefficient (Wildman–Crippen LogP) is 3.20. The van der Waals surface area contributed by atoms with E-state index in [1.54, 1.807) is 36.4 Å². The number of nitriles is 1. The molecule has 0 aliphatic rings. The van der Waals surface area contributed by atoms with Crippen molar-refractivity contribution in [1.29, 1.82) is 5.26 Å². The van der Waals surface area contributed by atoms with Crippen molar-refractivity contribution in [2.75, 3.05) is 17.2 Å². The Hall–Kier alpha value is -3.13. The molecule has 0 aliphatic heterocycles. The van der Waals surface area contributed by atoms with E-state index in [0.29, 0.717) is 29.8 Å². The summed E-state index contributed by atoms with van der Waals surface area (Å²) in [4.78, 5) is 23.1. The fraction of sp³-hybridized carbons (Fsp3) is 0.167. The summed E-state index contributed by atoms with van der Waals surface area (Å²) in [5.74, 6) is -0.108. The molecule has 0 bridgehead atoms. The third-order valence-electron chi connectivity index (χ3n) is 3.25. The van der Waals surface area contributed by atoms with Crippen LogP contribution in [-0.2, 0) is 4.79 Å². The SMILES string of the molecule is CC(=O)c1ccc(NCCC(=O)Nc2cccc(C#N)c2)cc1. The molecule has 2 aromatic rings. The topological polar surface area (TPSA) is 82.0 Å². The summed E-state index contributed by atoms with van der Waals surface area (Å²) in [7, 11) is 0. The van der Waals surface area contributed by atoms with Gasteiger partial charge in [-0.25, -0.2) is 0 Å². The molecular weight excluding hydrogens is 290 g/mol. The first-order valence-corrected chi connectivity index (χ1v) is 7.23. The van der Waals surface area contributed by atoms with Gasteiger partial charge in [0.1, 0.15) is 0 Å². The molecule has 0 aromatic heterocycles. The molecule has 1 amide bonds. The van der Waals surface area contributed by atoms with Crippen LogP contribution in [0.5, 0.6) is 0 Å². The van der Waals surface area contributed by atoms with Gasteiger partial charge in [0.2, 0.25) is 5.91 Å². The Balaban J connectivity index is 1.80. The van der Waals surface area contributed by atoms with Gasteiger partial charge >= 0.3 is 0 Å². The number of ketones is 1. The Bertz CT molecular complexity index is 746. The first-order chi connectivity index (χ1) is 11.1. The number of anilines is 2. The molecule has 0 saturated heterocycles. The number of nitrogens with zero attached hydrogens (tertiary/aromatic N) is 1. The van der Waals surface area contributed by atoms with Crippen molar-refractivity contribution in [3.8, 4) is 6.07 Å². The average Bonchev–Trinajstić information content (AvgIpc) is 2.55. The zero-order chi connectivity index (χ0) is 16.7. The summed E-state index contributed by atoms with van der Waals surface area (Å²) in [6, 6.07) is 15.9. The van der Waals surface area contributed by atoms with Crippen LogP contribution in [0.4, 0.5) is 11.4 Å². The largest absolute Gasteiger partial charge is 0.385 e. The van der Waals surface area contributed by atoms with Crippen LogP contribution in [0, 0.1) is 11.3 Å². The van der Waals surface area contributed by atoms with Crippen molar-refractivity contribution in [3.63, 3.8) is 0 Å². The Morgan fingerprint density at radius 1 is 1.09 bits per heavy atom. The summed E-state index contributed by atoms with van der Waals surface area (Å²) in [5.41, 5.74) is 2.63. The number of hydrogen-bond donors (Lipinski definition) is 2. The molecular formula is C18H17N3O2. The molecule has 0 aliphatic carbocycles. The zero-order valence-electron chi connectivity index (χ0n) is 12.8. The van der Waals surface area contributed by atoms with E-state index in [1.165, 1.54) is 6.92 Å². The van der Waals surface area contributed by atoms with Gasteiger partial charge in [-0.05, 0) is 49.4 Å². The van der Waals surface area contributed by atoms with E-state index in [9.17, 15) is 9.59 Å². The Morgan fingerprint density at radius 3 is 2.48 bits per heavy atom. The second kappa shape index (κ2) is 7.76. The molecule has 0 unspecified atom stereocenters. The minimum absolute atomic E-state index is 0.0236. The van der Waals surface area contributed by atoms with Crippen molar-refractivity contribution in [2.45, 2.75) is 13.3 Å². The summed E-state index contributed by atoms with van der Waals surface area (Å²) in [6.07, 6.45) is 0.297. The average molecular weight is 307 g/mol. The number of amides is 1. The van der Waals surface area contributed by atoms with Gasteiger partial charge < -0.3 is 10.6 Å². The standard InChI is InChI=1S/C18H17N3O2/c1-13(22)15-5-7-16(8-6-15)20-10-9-18(23)21-17-4-2-3-14(11-17)12-19/h2-8,11,20H,9-10H2,1H3,(H,21,23). The number of hydrogen-bond acceptors (Lipinski definition) is 4. The molecule has 0 radical (unpaired) electrons. The molecule has 0 fully saturated rings. The normalized spacial score (nSPS) is 9.74. The van der Waals surface area contributed by atoms with Crippen LogP contribution in [0.3, 0.4) is 0 Å². The third kappa shape index (κ3) is 4.97. The molecule has 23 heavy (non-hydrogen) atoms. The van der Waals surface area contributed by atoms with Crippen LogP contribution in [-0.4, -0.2) is 18.2 Å². The molecule has 5 nitrogen and oxygen atoms in total. The maximum atomic E-state index is 11.9. The monoisotopic (exact) mass is 307 g/mol. The lowest BCUT2D eigenvalue weighted by molar-refractivity contribution is -0.115. The highest BCUT2D eigenvalue weighted by molar-refractivity contribution is 5.94. The Labute approximate surface area is 134 Å². The summed E-state index contributed by atoms with van der Waals surface area (Å²) in [5, 5.41) is 14.7. The van der Waals surface area contributed by atoms with Crippen molar-refractivity contribution in [2.24, 2.45) is 0 Å². The van der Waals surface area contributed by atoms with E-state index < -0.39 is 0 Å². The molecule has 116 valence electrons. The molecule has 2 aromatic carbocycles. The van der Waals surface area contributed by atoms with E-state index in [-0.39, 0.29) is 11.7 Å². The van der Waals surface area contributed by atoms with Gasteiger partial charge in [-0.1, -0.05) is 6.07 Å². The predicted molar refractivity (Wildman–Crippen MR) is 89.3 cm³/mol. The number of nitrogens with one attached hydrogen (secondary N) is 2. The van der Waals surface area contributed by atoms with Gasteiger partial charge in [0.25, 0.3) is 0 Å². The number of benzene rings is 2. The van der Waals surface area contributed by atoms with Crippen LogP contribution >= 0.6 is 0 Å². The van der Waals surface area contributed by atoms with Crippen molar-refractivity contribution in [3.05, 3.63) is 59.7 Å². The van der Waals surface area contributed by atoms with E-state index in [4.69, 9.17) is 5.26 Å². The Morgan fingerprint density at radius 2 is 1.83 bits per heavy atom. The van der Waals surface area contributed by atoms with E-state index in [2.05, 4.69) is 10.6 Å². The highest BCUT2D eigenvalue weighted by atomic mass is 16.1. The number of Topliss-reactive ketones (excluding diaryl/α,β-unsaturated/α-hetero) is 1. The van der Waals surface area contributed by atoms with Gasteiger partial charge in [-0.2, -0.15) is 5.26 Å². The molecule has 0 saturated carbocycles. The molecule has 0 spiro atoms. The number of carbonyl (C=O) groups is 2. The van der Waals surface area contributed by atoms with Crippen LogP contribution < -0.4 is 10.6 Å². The second-order valence-corrected chi connectivity index (χ2v) is 5.05. The number of rotatable bonds is 6. The lowest BCUT2D eigenvalue weighted by Crippen LogP contribution is -2.16. The minimum atomic E-state index is -0.132.